The number of guanidine groups is 1. The Kier molecular flexibility index (Phi) is 6.64. The molecule has 1 fully saturated rings. The van der Waals surface area contributed by atoms with E-state index in [9.17, 15) is 24.0 Å². The molecule has 12 nitrogen and oxygen atoms in total. The Morgan fingerprint density at radius 2 is 1.54 bits per heavy atom. The van der Waals surface area contributed by atoms with Crippen LogP contribution in [0.5, 0.6) is 0 Å². The maximum Gasteiger partial charge on any atom is 0.358 e. The van der Waals surface area contributed by atoms with Crippen LogP contribution in [0, 0.1) is 5.41 Å². The lowest BCUT2D eigenvalue weighted by atomic mass is 10.2. The molecule has 132 valence electrons. The second-order valence-electron chi connectivity index (χ2n) is 4.61. The second kappa shape index (κ2) is 8.45. The Balaban J connectivity index is 2.25. The molecule has 0 aliphatic carbocycles. The molecule has 2 N–H and O–H groups in total. The maximum absolute atomic E-state index is 11.5. The van der Waals surface area contributed by atoms with Crippen LogP contribution in [-0.2, 0) is 43.5 Å². The van der Waals surface area contributed by atoms with E-state index in [2.05, 4.69) is 24.9 Å². The van der Waals surface area contributed by atoms with Gasteiger partial charge in [-0.15, -0.1) is 0 Å². The van der Waals surface area contributed by atoms with E-state index in [1.54, 1.807) is 0 Å². The fourth-order valence-corrected chi connectivity index (χ4v) is 1.53. The Labute approximate surface area is 135 Å². The van der Waals surface area contributed by atoms with Gasteiger partial charge in [0.1, 0.15) is 6.04 Å². The summed E-state index contributed by atoms with van der Waals surface area (Å²) >= 11 is 0. The Bertz CT molecular complexity index is 574. The van der Waals surface area contributed by atoms with Crippen LogP contribution in [0.1, 0.15) is 26.2 Å². The van der Waals surface area contributed by atoms with Gasteiger partial charge in [0.25, 0.3) is 0 Å². The molecule has 1 unspecified atom stereocenters. The molecule has 1 atom stereocenters. The van der Waals surface area contributed by atoms with Crippen LogP contribution in [0.4, 0.5) is 0 Å². The molecule has 1 amide bonds. The molecule has 1 saturated heterocycles. The van der Waals surface area contributed by atoms with Gasteiger partial charge in [-0.05, 0) is 0 Å². The summed E-state index contributed by atoms with van der Waals surface area (Å²) < 4.78 is 0. The number of carbonyl (C=O) groups is 5. The van der Waals surface area contributed by atoms with Gasteiger partial charge < -0.3 is 4.90 Å². The van der Waals surface area contributed by atoms with Gasteiger partial charge in [0, 0.05) is 14.0 Å². The van der Waals surface area contributed by atoms with Crippen LogP contribution in [-0.4, -0.2) is 53.7 Å². The standard InChI is InChI=1S/C12H15N3O9/c1-6(16)21-22-8(17)3-4-9(18)23-24-10(19)5-7-11(20)14-12(13)15(7)2/h7H,3-5H2,1-2H3,(H2,13,14,20). The molecular weight excluding hydrogens is 330 g/mol. The number of nitrogens with zero attached hydrogens (tertiary/aromatic N) is 1. The van der Waals surface area contributed by atoms with E-state index in [1.165, 1.54) is 11.9 Å². The monoisotopic (exact) mass is 345 g/mol. The van der Waals surface area contributed by atoms with E-state index in [0.29, 0.717) is 0 Å². The number of amides is 1. The summed E-state index contributed by atoms with van der Waals surface area (Å²) in [6, 6.07) is -0.942. The lowest BCUT2D eigenvalue weighted by molar-refractivity contribution is -0.262. The van der Waals surface area contributed by atoms with E-state index < -0.39 is 55.1 Å². The van der Waals surface area contributed by atoms with Gasteiger partial charge in [-0.25, -0.2) is 38.7 Å². The summed E-state index contributed by atoms with van der Waals surface area (Å²) in [4.78, 5) is 73.2. The van der Waals surface area contributed by atoms with Crippen LogP contribution >= 0.6 is 0 Å². The van der Waals surface area contributed by atoms with Crippen molar-refractivity contribution >= 4 is 35.7 Å². The Morgan fingerprint density at radius 1 is 1.04 bits per heavy atom. The van der Waals surface area contributed by atoms with Crippen LogP contribution < -0.4 is 5.32 Å². The van der Waals surface area contributed by atoms with Crippen molar-refractivity contribution in [3.8, 4) is 0 Å². The average Bonchev–Trinajstić information content (AvgIpc) is 2.75. The van der Waals surface area contributed by atoms with Crippen molar-refractivity contribution in [1.29, 1.82) is 5.41 Å². The third kappa shape index (κ3) is 5.90. The molecule has 0 aromatic carbocycles. The highest BCUT2D eigenvalue weighted by atomic mass is 17.2. The summed E-state index contributed by atoms with van der Waals surface area (Å²) in [5.41, 5.74) is 0. The number of rotatable bonds is 5. The van der Waals surface area contributed by atoms with Crippen molar-refractivity contribution in [2.45, 2.75) is 32.2 Å². The lowest BCUT2D eigenvalue weighted by Gasteiger charge is -2.15. The minimum atomic E-state index is -1.04. The topological polar surface area (TPSA) is 161 Å². The molecule has 1 rings (SSSR count). The van der Waals surface area contributed by atoms with Crippen molar-refractivity contribution < 1.29 is 43.5 Å². The first kappa shape index (κ1) is 18.9. The highest BCUT2D eigenvalue weighted by Gasteiger charge is 2.35. The summed E-state index contributed by atoms with van der Waals surface area (Å²) in [6.45, 7) is 1.02. The number of carbonyl (C=O) groups excluding carboxylic acids is 5. The average molecular weight is 345 g/mol. The zero-order valence-corrected chi connectivity index (χ0v) is 12.8. The Hall–Kier alpha value is -3.18. The molecule has 0 saturated carbocycles. The number of hydrogen-bond donors (Lipinski definition) is 2. The second-order valence-corrected chi connectivity index (χ2v) is 4.61. The van der Waals surface area contributed by atoms with Gasteiger partial charge in [0.05, 0.1) is 19.3 Å². The number of hydrogen-bond acceptors (Lipinski definition) is 10. The predicted molar refractivity (Wildman–Crippen MR) is 71.3 cm³/mol. The third-order valence-electron chi connectivity index (χ3n) is 2.74. The molecule has 0 spiro atoms. The number of likely N-dealkylation sites (N-methyl/N-ethyl adjacent to an activating group) is 1. The molecule has 1 heterocycles. The molecule has 1 aliphatic rings. The van der Waals surface area contributed by atoms with Crippen LogP contribution in [0.25, 0.3) is 0 Å². The van der Waals surface area contributed by atoms with Gasteiger partial charge in [0.2, 0.25) is 5.91 Å². The van der Waals surface area contributed by atoms with Crippen LogP contribution in [0.2, 0.25) is 0 Å². The van der Waals surface area contributed by atoms with Crippen molar-refractivity contribution in [2.24, 2.45) is 0 Å². The normalized spacial score (nSPS) is 16.2. The zero-order chi connectivity index (χ0) is 18.3. The molecule has 0 aromatic rings. The molecular formula is C12H15N3O9. The molecule has 0 radical (unpaired) electrons. The van der Waals surface area contributed by atoms with E-state index in [-0.39, 0.29) is 5.96 Å². The largest absolute Gasteiger partial charge is 0.358 e. The van der Waals surface area contributed by atoms with E-state index in [4.69, 9.17) is 5.41 Å². The fourth-order valence-electron chi connectivity index (χ4n) is 1.53. The summed E-state index contributed by atoms with van der Waals surface area (Å²) in [5, 5.41) is 9.57. The van der Waals surface area contributed by atoms with Crippen LogP contribution in [0.3, 0.4) is 0 Å². The van der Waals surface area contributed by atoms with E-state index in [0.717, 1.165) is 6.92 Å². The van der Waals surface area contributed by atoms with E-state index in [1.807, 2.05) is 0 Å². The van der Waals surface area contributed by atoms with Crippen molar-refractivity contribution in [1.82, 2.24) is 10.2 Å². The third-order valence-corrected chi connectivity index (χ3v) is 2.74. The molecule has 1 aliphatic heterocycles. The quantitative estimate of drug-likeness (QED) is 0.445. The highest BCUT2D eigenvalue weighted by Crippen LogP contribution is 2.10. The minimum absolute atomic E-state index is 0.166. The van der Waals surface area contributed by atoms with Gasteiger partial charge in [-0.2, -0.15) is 0 Å². The minimum Gasteiger partial charge on any atom is -0.333 e. The van der Waals surface area contributed by atoms with E-state index >= 15 is 0 Å². The van der Waals surface area contributed by atoms with Crippen molar-refractivity contribution in [3.63, 3.8) is 0 Å². The molecule has 24 heavy (non-hydrogen) atoms. The maximum atomic E-state index is 11.5. The highest BCUT2D eigenvalue weighted by molar-refractivity contribution is 6.06. The summed E-state index contributed by atoms with van der Waals surface area (Å²) in [7, 11) is 1.43. The zero-order valence-electron chi connectivity index (χ0n) is 12.8. The van der Waals surface area contributed by atoms with Gasteiger partial charge >= 0.3 is 23.9 Å². The molecule has 12 heteroatoms. The van der Waals surface area contributed by atoms with Crippen molar-refractivity contribution in [3.05, 3.63) is 0 Å². The number of nitrogens with one attached hydrogen (secondary N) is 2. The summed E-state index contributed by atoms with van der Waals surface area (Å²) in [5.74, 6) is -4.60. The van der Waals surface area contributed by atoms with Crippen molar-refractivity contribution in [2.75, 3.05) is 7.05 Å². The van der Waals surface area contributed by atoms with Crippen LogP contribution in [0.15, 0.2) is 0 Å². The Morgan fingerprint density at radius 3 is 2.00 bits per heavy atom. The molecule has 0 aromatic heterocycles. The first-order valence-electron chi connectivity index (χ1n) is 6.61. The smallest absolute Gasteiger partial charge is 0.333 e. The fraction of sp³-hybridized carbons (Fsp3) is 0.500. The van der Waals surface area contributed by atoms with Gasteiger partial charge in [-0.3, -0.25) is 15.5 Å². The first-order valence-corrected chi connectivity index (χ1v) is 6.61. The summed E-state index contributed by atoms with van der Waals surface area (Å²) in [6.07, 6.45) is -1.39. The lowest BCUT2D eigenvalue weighted by Crippen LogP contribution is -2.34. The SMILES string of the molecule is CC(=O)OOC(=O)CCC(=O)OOC(=O)CC1C(=O)NC(=N)N1C. The molecule has 0 bridgehead atoms. The van der Waals surface area contributed by atoms with Gasteiger partial charge in [-0.1, -0.05) is 0 Å². The first-order chi connectivity index (χ1) is 11.2. The van der Waals surface area contributed by atoms with Gasteiger partial charge in [0.15, 0.2) is 5.96 Å². The predicted octanol–water partition coefficient (Wildman–Crippen LogP) is -1.46.